The van der Waals surface area contributed by atoms with Crippen LogP contribution in [0, 0.1) is 20.8 Å². The number of carbonyl (C=O) groups excluding carboxylic acids is 1. The number of aromatic amines is 1. The minimum absolute atomic E-state index is 0.0216. The fourth-order valence-electron chi connectivity index (χ4n) is 3.05. The first-order valence-corrected chi connectivity index (χ1v) is 8.68. The third-order valence-corrected chi connectivity index (χ3v) is 4.44. The second kappa shape index (κ2) is 7.53. The van der Waals surface area contributed by atoms with E-state index in [1.165, 1.54) is 0 Å². The van der Waals surface area contributed by atoms with Gasteiger partial charge in [-0.25, -0.2) is 14.6 Å². The molecule has 0 bridgehead atoms. The number of nitrogens with zero attached hydrogens (tertiary/aromatic N) is 4. The Morgan fingerprint density at radius 2 is 2.07 bits per heavy atom. The predicted octanol–water partition coefficient (Wildman–Crippen LogP) is 1.70. The monoisotopic (exact) mass is 366 g/mol. The molecule has 0 saturated heterocycles. The number of aromatic nitrogens is 5. The first-order valence-electron chi connectivity index (χ1n) is 8.68. The van der Waals surface area contributed by atoms with Gasteiger partial charge >= 0.3 is 0 Å². The van der Waals surface area contributed by atoms with Gasteiger partial charge in [-0.1, -0.05) is 6.07 Å². The van der Waals surface area contributed by atoms with E-state index < -0.39 is 0 Å². The molecule has 0 aromatic carbocycles. The highest BCUT2D eigenvalue weighted by molar-refractivity contribution is 5.79. The number of hydrogen-bond acceptors (Lipinski definition) is 5. The lowest BCUT2D eigenvalue weighted by atomic mass is 10.1. The van der Waals surface area contributed by atoms with E-state index in [1.807, 2.05) is 32.0 Å². The summed E-state index contributed by atoms with van der Waals surface area (Å²) >= 11 is 0. The summed E-state index contributed by atoms with van der Waals surface area (Å²) in [5.74, 6) is 1.01. The Labute approximate surface area is 156 Å². The average Bonchev–Trinajstić information content (AvgIpc) is 3.00. The fraction of sp³-hybridized carbons (Fsp3) is 0.316. The van der Waals surface area contributed by atoms with E-state index in [9.17, 15) is 9.59 Å². The number of amides is 1. The van der Waals surface area contributed by atoms with Crippen LogP contribution in [0.5, 0.6) is 0 Å². The number of carbonyl (C=O) groups is 1. The third-order valence-electron chi connectivity index (χ3n) is 4.44. The molecule has 3 aromatic rings. The zero-order valence-corrected chi connectivity index (χ0v) is 15.8. The van der Waals surface area contributed by atoms with Crippen LogP contribution in [0.1, 0.15) is 41.3 Å². The highest BCUT2D eigenvalue weighted by atomic mass is 16.2. The second-order valence-electron chi connectivity index (χ2n) is 6.47. The Kier molecular flexibility index (Phi) is 5.16. The molecule has 0 aliphatic carbocycles. The van der Waals surface area contributed by atoms with Gasteiger partial charge in [-0.15, -0.1) is 0 Å². The van der Waals surface area contributed by atoms with Crippen LogP contribution in [0.2, 0.25) is 0 Å². The number of aryl methyl sites for hydroxylation is 2. The van der Waals surface area contributed by atoms with Gasteiger partial charge in [0.25, 0.3) is 5.56 Å². The van der Waals surface area contributed by atoms with Gasteiger partial charge in [0.1, 0.15) is 5.82 Å². The predicted molar refractivity (Wildman–Crippen MR) is 101 cm³/mol. The Bertz CT molecular complexity index is 1020. The number of hydrogen-bond donors (Lipinski definition) is 2. The van der Waals surface area contributed by atoms with Crippen molar-refractivity contribution < 1.29 is 4.79 Å². The minimum atomic E-state index is -0.276. The van der Waals surface area contributed by atoms with Crippen molar-refractivity contribution in [1.29, 1.82) is 0 Å². The summed E-state index contributed by atoms with van der Waals surface area (Å²) in [7, 11) is 0. The molecule has 2 N–H and O–H groups in total. The Hall–Kier alpha value is -3.29. The number of rotatable bonds is 5. The Balaban J connectivity index is 1.75. The maximum Gasteiger partial charge on any atom is 0.254 e. The molecule has 1 amide bonds. The molecule has 3 rings (SSSR count). The lowest BCUT2D eigenvalue weighted by Gasteiger charge is -2.14. The summed E-state index contributed by atoms with van der Waals surface area (Å²) in [6, 6.07) is 5.35. The van der Waals surface area contributed by atoms with Crippen LogP contribution in [0.4, 0.5) is 0 Å². The van der Waals surface area contributed by atoms with Gasteiger partial charge in [0.05, 0.1) is 18.7 Å². The van der Waals surface area contributed by atoms with Gasteiger partial charge < -0.3 is 10.3 Å². The van der Waals surface area contributed by atoms with Crippen molar-refractivity contribution in [3.8, 4) is 5.82 Å². The van der Waals surface area contributed by atoms with Crippen molar-refractivity contribution in [2.75, 3.05) is 0 Å². The number of H-pyrrole nitrogens is 1. The Morgan fingerprint density at radius 1 is 1.30 bits per heavy atom. The van der Waals surface area contributed by atoms with Crippen LogP contribution in [0.25, 0.3) is 5.82 Å². The van der Waals surface area contributed by atoms with Crippen molar-refractivity contribution in [2.24, 2.45) is 0 Å². The van der Waals surface area contributed by atoms with Crippen molar-refractivity contribution >= 4 is 5.91 Å². The number of nitrogens with one attached hydrogen (secondary N) is 2. The van der Waals surface area contributed by atoms with Crippen molar-refractivity contribution in [3.05, 3.63) is 69.3 Å². The summed E-state index contributed by atoms with van der Waals surface area (Å²) in [6.45, 7) is 7.26. The molecule has 3 heterocycles. The molecule has 1 atom stereocenters. The van der Waals surface area contributed by atoms with Gasteiger partial charge in [-0.05, 0) is 39.8 Å². The molecule has 8 heteroatoms. The molecule has 0 saturated carbocycles. The van der Waals surface area contributed by atoms with E-state index in [0.717, 1.165) is 11.3 Å². The summed E-state index contributed by atoms with van der Waals surface area (Å²) in [5, 5.41) is 7.30. The maximum atomic E-state index is 12.4. The molecule has 3 aromatic heterocycles. The lowest BCUT2D eigenvalue weighted by Crippen LogP contribution is -2.31. The van der Waals surface area contributed by atoms with Crippen LogP contribution in [0.15, 0.2) is 35.4 Å². The standard InChI is InChI=1S/C19H22N6O2/c1-11-15(19(27)24-14(4)22-11)9-18(26)23-12(2)16-10-21-25(13(16)3)17-7-5-6-8-20-17/h5-8,10,12H,9H2,1-4H3,(H,23,26)(H,22,24,27)/t12-/m0/s1. The molecule has 0 spiro atoms. The van der Waals surface area contributed by atoms with Crippen LogP contribution in [-0.4, -0.2) is 30.6 Å². The molecule has 8 nitrogen and oxygen atoms in total. The topological polar surface area (TPSA) is 106 Å². The van der Waals surface area contributed by atoms with Crippen LogP contribution in [0.3, 0.4) is 0 Å². The average molecular weight is 366 g/mol. The summed E-state index contributed by atoms with van der Waals surface area (Å²) < 4.78 is 1.73. The van der Waals surface area contributed by atoms with Gasteiger partial charge in [0.15, 0.2) is 5.82 Å². The zero-order chi connectivity index (χ0) is 19.6. The van der Waals surface area contributed by atoms with Crippen LogP contribution < -0.4 is 10.9 Å². The molecule has 0 aliphatic rings. The van der Waals surface area contributed by atoms with E-state index >= 15 is 0 Å². The normalized spacial score (nSPS) is 12.0. The quantitative estimate of drug-likeness (QED) is 0.715. The molecule has 27 heavy (non-hydrogen) atoms. The van der Waals surface area contributed by atoms with Gasteiger partial charge in [0, 0.05) is 28.7 Å². The minimum Gasteiger partial charge on any atom is -0.349 e. The molecule has 0 aliphatic heterocycles. The number of pyridine rings is 1. The fourth-order valence-corrected chi connectivity index (χ4v) is 3.05. The molecular formula is C19H22N6O2. The van der Waals surface area contributed by atoms with Crippen molar-refractivity contribution in [2.45, 2.75) is 40.2 Å². The third kappa shape index (κ3) is 3.94. The van der Waals surface area contributed by atoms with Crippen molar-refractivity contribution in [1.82, 2.24) is 30.0 Å². The van der Waals surface area contributed by atoms with E-state index in [1.54, 1.807) is 30.9 Å². The zero-order valence-electron chi connectivity index (χ0n) is 15.8. The van der Waals surface area contributed by atoms with E-state index in [2.05, 4.69) is 25.4 Å². The first-order chi connectivity index (χ1) is 12.9. The Morgan fingerprint density at radius 3 is 2.74 bits per heavy atom. The van der Waals surface area contributed by atoms with E-state index in [0.29, 0.717) is 22.9 Å². The summed E-state index contributed by atoms with van der Waals surface area (Å²) in [5.41, 5.74) is 2.46. The summed E-state index contributed by atoms with van der Waals surface area (Å²) in [6.07, 6.45) is 3.41. The molecule has 0 fully saturated rings. The molecular weight excluding hydrogens is 344 g/mol. The summed E-state index contributed by atoms with van der Waals surface area (Å²) in [4.78, 5) is 35.7. The first kappa shape index (κ1) is 18.5. The largest absolute Gasteiger partial charge is 0.349 e. The highest BCUT2D eigenvalue weighted by Crippen LogP contribution is 2.19. The maximum absolute atomic E-state index is 12.4. The van der Waals surface area contributed by atoms with E-state index in [-0.39, 0.29) is 23.9 Å². The van der Waals surface area contributed by atoms with Crippen molar-refractivity contribution in [3.63, 3.8) is 0 Å². The van der Waals surface area contributed by atoms with Crippen LogP contribution in [-0.2, 0) is 11.2 Å². The second-order valence-corrected chi connectivity index (χ2v) is 6.47. The smallest absolute Gasteiger partial charge is 0.254 e. The van der Waals surface area contributed by atoms with E-state index in [4.69, 9.17) is 0 Å². The van der Waals surface area contributed by atoms with Gasteiger partial charge in [0.2, 0.25) is 5.91 Å². The molecule has 140 valence electrons. The van der Waals surface area contributed by atoms with Crippen LogP contribution >= 0.6 is 0 Å². The van der Waals surface area contributed by atoms with Gasteiger partial charge in [-0.3, -0.25) is 9.59 Å². The molecule has 0 unspecified atom stereocenters. The molecule has 0 radical (unpaired) electrons. The lowest BCUT2D eigenvalue weighted by molar-refractivity contribution is -0.121. The van der Waals surface area contributed by atoms with Gasteiger partial charge in [-0.2, -0.15) is 5.10 Å². The highest BCUT2D eigenvalue weighted by Gasteiger charge is 2.18. The SMILES string of the molecule is Cc1nc(C)c(CC(=O)N[C@@H](C)c2cnn(-c3ccccn3)c2C)c(=O)[nH]1.